The summed E-state index contributed by atoms with van der Waals surface area (Å²) in [4.78, 5) is 17.7. The maximum absolute atomic E-state index is 12.2. The van der Waals surface area contributed by atoms with E-state index in [9.17, 15) is 4.79 Å². The summed E-state index contributed by atoms with van der Waals surface area (Å²) in [6.07, 6.45) is 5.35. The van der Waals surface area contributed by atoms with Gasteiger partial charge in [0.05, 0.1) is 31.2 Å². The summed E-state index contributed by atoms with van der Waals surface area (Å²) in [5, 5.41) is 9.23. The van der Waals surface area contributed by atoms with Gasteiger partial charge >= 0.3 is 0 Å². The first-order valence-electron chi connectivity index (χ1n) is 9.12. The molecule has 4 rings (SSSR count). The second kappa shape index (κ2) is 8.20. The Bertz CT molecular complexity index is 599. The van der Waals surface area contributed by atoms with Crippen molar-refractivity contribution in [3.8, 4) is 0 Å². The van der Waals surface area contributed by atoms with Gasteiger partial charge in [0.2, 0.25) is 5.91 Å². The molecule has 1 aromatic rings. The number of hydrogen-bond donors (Lipinski definition) is 2. The minimum absolute atomic E-state index is 0.0681. The minimum atomic E-state index is -0.0834. The lowest BCUT2D eigenvalue weighted by molar-refractivity contribution is -0.122. The third kappa shape index (κ3) is 4.45. The molecule has 25 heavy (non-hydrogen) atoms. The topological polar surface area (TPSA) is 62.7 Å². The van der Waals surface area contributed by atoms with Gasteiger partial charge in [-0.2, -0.15) is 0 Å². The second-order valence-electron chi connectivity index (χ2n) is 7.06. The summed E-state index contributed by atoms with van der Waals surface area (Å²) in [6, 6.07) is 4.47. The molecule has 1 aromatic heterocycles. The van der Waals surface area contributed by atoms with Crippen molar-refractivity contribution >= 4 is 34.6 Å². The van der Waals surface area contributed by atoms with Gasteiger partial charge in [-0.3, -0.25) is 15.1 Å². The summed E-state index contributed by atoms with van der Waals surface area (Å²) >= 11 is 3.48. The van der Waals surface area contributed by atoms with Crippen molar-refractivity contribution in [3.05, 3.63) is 22.4 Å². The van der Waals surface area contributed by atoms with Crippen LogP contribution in [0.1, 0.15) is 30.6 Å². The van der Waals surface area contributed by atoms with E-state index in [-0.39, 0.29) is 18.2 Å². The lowest BCUT2D eigenvalue weighted by Gasteiger charge is -2.30. The fraction of sp³-hybridized carbons (Fsp3) is 0.667. The molecule has 0 aromatic carbocycles. The predicted octanol–water partition coefficient (Wildman–Crippen LogP) is 2.42. The predicted molar refractivity (Wildman–Crippen MR) is 103 cm³/mol. The van der Waals surface area contributed by atoms with Crippen molar-refractivity contribution in [2.24, 2.45) is 10.9 Å². The number of carbonyl (C=O) groups is 1. The first kappa shape index (κ1) is 17.5. The number of nitrogens with zero attached hydrogens (tertiary/aromatic N) is 1. The van der Waals surface area contributed by atoms with E-state index >= 15 is 0 Å². The maximum Gasteiger partial charge on any atom is 0.225 e. The van der Waals surface area contributed by atoms with Gasteiger partial charge in [0.1, 0.15) is 6.23 Å². The molecule has 3 heterocycles. The molecule has 3 aliphatic rings. The lowest BCUT2D eigenvalue weighted by Crippen LogP contribution is -2.47. The highest BCUT2D eigenvalue weighted by molar-refractivity contribution is 8.12. The summed E-state index contributed by atoms with van der Waals surface area (Å²) in [6.45, 7) is 1.46. The highest BCUT2D eigenvalue weighted by Crippen LogP contribution is 2.37. The smallest absolute Gasteiger partial charge is 0.225 e. The van der Waals surface area contributed by atoms with Crippen LogP contribution in [-0.4, -0.2) is 48.2 Å². The van der Waals surface area contributed by atoms with Gasteiger partial charge in [-0.05, 0) is 37.1 Å². The van der Waals surface area contributed by atoms with Crippen LogP contribution < -0.4 is 10.6 Å². The van der Waals surface area contributed by atoms with E-state index in [1.165, 1.54) is 12.8 Å². The Morgan fingerprint density at radius 3 is 3.20 bits per heavy atom. The van der Waals surface area contributed by atoms with E-state index in [0.717, 1.165) is 24.3 Å². The summed E-state index contributed by atoms with van der Waals surface area (Å²) < 4.78 is 6.40. The van der Waals surface area contributed by atoms with Crippen molar-refractivity contribution in [2.45, 2.75) is 55.7 Å². The normalized spacial score (nSPS) is 34.6. The van der Waals surface area contributed by atoms with E-state index in [1.54, 1.807) is 11.3 Å². The van der Waals surface area contributed by atoms with Crippen LogP contribution in [0.3, 0.4) is 0 Å². The number of nitrogens with one attached hydrogen (secondary N) is 2. The van der Waals surface area contributed by atoms with Crippen LogP contribution in [-0.2, 0) is 16.0 Å². The van der Waals surface area contributed by atoms with Crippen LogP contribution in [0.5, 0.6) is 0 Å². The van der Waals surface area contributed by atoms with Crippen molar-refractivity contribution < 1.29 is 9.53 Å². The Labute approximate surface area is 157 Å². The van der Waals surface area contributed by atoms with Gasteiger partial charge < -0.3 is 10.1 Å². The number of amides is 1. The average molecular weight is 380 g/mol. The summed E-state index contributed by atoms with van der Waals surface area (Å²) in [7, 11) is 0. The first-order chi connectivity index (χ1) is 12.3. The molecule has 0 radical (unpaired) electrons. The zero-order valence-electron chi connectivity index (χ0n) is 14.2. The highest BCUT2D eigenvalue weighted by atomic mass is 32.2. The Hall–Kier alpha value is -0.890. The minimum Gasteiger partial charge on any atom is -0.358 e. The molecule has 5 atom stereocenters. The number of carbonyl (C=O) groups excluding carboxylic acids is 1. The van der Waals surface area contributed by atoms with E-state index in [4.69, 9.17) is 4.74 Å². The Morgan fingerprint density at radius 2 is 2.40 bits per heavy atom. The molecule has 136 valence electrons. The molecule has 0 spiro atoms. The van der Waals surface area contributed by atoms with Crippen molar-refractivity contribution in [2.75, 3.05) is 13.1 Å². The largest absolute Gasteiger partial charge is 0.358 e. The van der Waals surface area contributed by atoms with Crippen molar-refractivity contribution in [1.82, 2.24) is 10.6 Å². The number of aliphatic imine (C=N–C) groups is 1. The van der Waals surface area contributed by atoms with Crippen LogP contribution in [0.15, 0.2) is 22.5 Å². The molecule has 2 fully saturated rings. The van der Waals surface area contributed by atoms with Crippen LogP contribution >= 0.6 is 23.1 Å². The fourth-order valence-electron chi connectivity index (χ4n) is 4.10. The number of thiophene rings is 1. The summed E-state index contributed by atoms with van der Waals surface area (Å²) in [5.41, 5.74) is 2.00. The monoisotopic (exact) mass is 379 g/mol. The Balaban J connectivity index is 1.33. The number of fused-ring (bicyclic) bond motifs is 3. The molecular weight excluding hydrogens is 354 g/mol. The molecule has 5 unspecified atom stereocenters. The van der Waals surface area contributed by atoms with Gasteiger partial charge in [-0.1, -0.05) is 6.07 Å². The molecule has 1 saturated carbocycles. The number of rotatable bonds is 5. The molecule has 5 nitrogen and oxygen atoms in total. The van der Waals surface area contributed by atoms with Crippen molar-refractivity contribution in [3.63, 3.8) is 0 Å². The highest BCUT2D eigenvalue weighted by Gasteiger charge is 2.40. The quantitative estimate of drug-likeness (QED) is 0.825. The van der Waals surface area contributed by atoms with Crippen LogP contribution in [0.2, 0.25) is 0 Å². The Kier molecular flexibility index (Phi) is 5.75. The third-order valence-corrected chi connectivity index (χ3v) is 7.30. The van der Waals surface area contributed by atoms with Crippen LogP contribution in [0.4, 0.5) is 0 Å². The first-order valence-corrected chi connectivity index (χ1v) is 10.9. The van der Waals surface area contributed by atoms with E-state index < -0.39 is 0 Å². The number of hydrogen-bond acceptors (Lipinski definition) is 6. The summed E-state index contributed by atoms with van der Waals surface area (Å²) in [5.74, 6) is 0.623. The zero-order valence-corrected chi connectivity index (χ0v) is 15.9. The standard InChI is InChI=1S/C18H25N3O2S2/c22-17(8-13-4-2-6-24-13)20-10-18-21-12-3-1-5-15(23-18)14(7-12)16-9-19-11-25-16/h2,4,6,11-12,14-16,18,21H,1,3,5,7-10H2,(H,20,22). The van der Waals surface area contributed by atoms with Crippen LogP contribution in [0.25, 0.3) is 0 Å². The number of thioether (sulfide) groups is 1. The average Bonchev–Trinajstić information content (AvgIpc) is 3.22. The molecule has 1 aliphatic carbocycles. The van der Waals surface area contributed by atoms with Gasteiger partial charge in [-0.25, -0.2) is 0 Å². The van der Waals surface area contributed by atoms with E-state index in [0.29, 0.717) is 30.2 Å². The second-order valence-corrected chi connectivity index (χ2v) is 9.18. The Morgan fingerprint density at radius 1 is 1.44 bits per heavy atom. The van der Waals surface area contributed by atoms with E-state index in [1.807, 2.05) is 34.8 Å². The maximum atomic E-state index is 12.2. The van der Waals surface area contributed by atoms with Gasteiger partial charge in [0.15, 0.2) is 0 Å². The zero-order chi connectivity index (χ0) is 17.1. The molecule has 1 amide bonds. The molecule has 1 saturated heterocycles. The van der Waals surface area contributed by atoms with Gasteiger partial charge in [0, 0.05) is 22.1 Å². The number of ether oxygens (including phenoxy) is 1. The molecule has 7 heteroatoms. The van der Waals surface area contributed by atoms with Gasteiger partial charge in [0.25, 0.3) is 0 Å². The molecular formula is C18H25N3O2S2. The SMILES string of the molecule is O=C(Cc1cccs1)NCC1NC2CCCC(O1)C(C1CN=CS1)C2. The van der Waals surface area contributed by atoms with Gasteiger partial charge in [-0.15, -0.1) is 23.1 Å². The van der Waals surface area contributed by atoms with E-state index in [2.05, 4.69) is 15.6 Å². The molecule has 2 bridgehead atoms. The molecule has 2 N–H and O–H groups in total. The van der Waals surface area contributed by atoms with Crippen LogP contribution in [0, 0.1) is 5.92 Å². The lowest BCUT2D eigenvalue weighted by atomic mass is 9.92. The van der Waals surface area contributed by atoms with Crippen molar-refractivity contribution in [1.29, 1.82) is 0 Å². The third-order valence-electron chi connectivity index (χ3n) is 5.31. The fourth-order valence-corrected chi connectivity index (χ4v) is 5.79. The molecule has 2 aliphatic heterocycles.